The van der Waals surface area contributed by atoms with Crippen molar-refractivity contribution in [3.05, 3.63) is 59.8 Å². The number of fused-ring (bicyclic) bond motifs is 1. The van der Waals surface area contributed by atoms with E-state index in [0.717, 1.165) is 5.39 Å². The maximum absolute atomic E-state index is 13.0. The Morgan fingerprint density at radius 2 is 1.90 bits per heavy atom. The molecule has 18 heteroatoms. The van der Waals surface area contributed by atoms with Crippen molar-refractivity contribution in [2.45, 2.75) is 34.0 Å². The Hall–Kier alpha value is -4.84. The van der Waals surface area contributed by atoms with Gasteiger partial charge in [0.2, 0.25) is 5.91 Å². The molecule has 4 heterocycles. The Balaban J connectivity index is 1.07. The number of hydrogen-bond acceptors (Lipinski definition) is 14. The van der Waals surface area contributed by atoms with E-state index in [1.807, 2.05) is 24.3 Å². The van der Waals surface area contributed by atoms with Crippen LogP contribution in [0.5, 0.6) is 5.88 Å². The van der Waals surface area contributed by atoms with Gasteiger partial charge < -0.3 is 20.2 Å². The minimum Gasteiger partial charge on any atom is -0.451 e. The van der Waals surface area contributed by atoms with E-state index in [0.29, 0.717) is 42.4 Å². The number of aromatic amines is 1. The van der Waals surface area contributed by atoms with Crippen molar-refractivity contribution in [3.8, 4) is 5.88 Å². The van der Waals surface area contributed by atoms with Crippen LogP contribution in [0.1, 0.15) is 12.8 Å². The first-order valence-corrected chi connectivity index (χ1v) is 15.1. The average molecular weight is 611 g/mol. The second kappa shape index (κ2) is 11.6. The largest absolute Gasteiger partial charge is 0.451 e. The Bertz CT molecular complexity index is 1810. The fourth-order valence-electron chi connectivity index (χ4n) is 4.36. The molecule has 0 radical (unpaired) electrons. The highest BCUT2D eigenvalue weighted by atomic mass is 32.2. The van der Waals surface area contributed by atoms with Gasteiger partial charge in [-0.3, -0.25) is 9.42 Å². The summed E-state index contributed by atoms with van der Waals surface area (Å²) < 4.78 is 36.3. The monoisotopic (exact) mass is 610 g/mol. The van der Waals surface area contributed by atoms with Gasteiger partial charge in [-0.2, -0.15) is 5.21 Å². The summed E-state index contributed by atoms with van der Waals surface area (Å²) >= 11 is 1.20. The number of rotatable bonds is 9. The number of para-hydroxylation sites is 1. The van der Waals surface area contributed by atoms with Crippen molar-refractivity contribution in [3.63, 3.8) is 0 Å². The van der Waals surface area contributed by atoms with Gasteiger partial charge in [-0.25, -0.2) is 18.4 Å². The molecule has 6 rings (SSSR count). The lowest BCUT2D eigenvalue weighted by Crippen LogP contribution is -2.42. The second-order valence-corrected chi connectivity index (χ2v) is 11.9. The number of thioether (sulfide) groups is 1. The molecule has 1 aliphatic heterocycles. The third kappa shape index (κ3) is 5.66. The Kier molecular flexibility index (Phi) is 7.53. The highest BCUT2D eigenvalue weighted by Crippen LogP contribution is 2.29. The lowest BCUT2D eigenvalue weighted by molar-refractivity contribution is -0.832. The zero-order valence-corrected chi connectivity index (χ0v) is 23.3. The molecule has 1 amide bonds. The first-order valence-electron chi connectivity index (χ1n) is 12.6. The summed E-state index contributed by atoms with van der Waals surface area (Å²) in [6.45, 7) is 0.729. The molecule has 42 heavy (non-hydrogen) atoms. The molecule has 16 nitrogen and oxygen atoms in total. The van der Waals surface area contributed by atoms with E-state index < -0.39 is 26.8 Å². The number of tetrazole rings is 1. The van der Waals surface area contributed by atoms with Crippen LogP contribution in [0.15, 0.2) is 74.3 Å². The zero-order chi connectivity index (χ0) is 29.1. The highest BCUT2D eigenvalue weighted by molar-refractivity contribution is 7.99. The SMILES string of the molecule is O=C(CSc1nc(Nc2nn[nH]n2)c2ccccc2n1)N1CCC(Oc2no[n+]([O-])c2S(=O)(=O)c2ccccc2)CC1. The molecule has 0 bridgehead atoms. The third-order valence-corrected chi connectivity index (χ3v) is 8.97. The van der Waals surface area contributed by atoms with Gasteiger partial charge in [0.05, 0.1) is 21.3 Å². The predicted octanol–water partition coefficient (Wildman–Crippen LogP) is 1.50. The van der Waals surface area contributed by atoms with Gasteiger partial charge >= 0.3 is 10.9 Å². The second-order valence-electron chi connectivity index (χ2n) is 9.08. The highest BCUT2D eigenvalue weighted by Gasteiger charge is 2.37. The molecule has 1 saturated heterocycles. The molecule has 0 atom stereocenters. The third-order valence-electron chi connectivity index (χ3n) is 6.41. The number of sulfone groups is 1. The van der Waals surface area contributed by atoms with Gasteiger partial charge in [0.25, 0.3) is 15.8 Å². The fraction of sp³-hybridized carbons (Fsp3) is 0.250. The van der Waals surface area contributed by atoms with Crippen molar-refractivity contribution in [1.82, 2.24) is 40.6 Å². The summed E-state index contributed by atoms with van der Waals surface area (Å²) in [7, 11) is -4.22. The number of nitrogens with zero attached hydrogens (tertiary/aromatic N) is 8. The van der Waals surface area contributed by atoms with Crippen LogP contribution in [0.25, 0.3) is 10.9 Å². The zero-order valence-electron chi connectivity index (χ0n) is 21.7. The van der Waals surface area contributed by atoms with Crippen LogP contribution in [0, 0.1) is 5.21 Å². The number of benzene rings is 2. The number of amides is 1. The molecule has 0 aliphatic carbocycles. The number of anilines is 2. The van der Waals surface area contributed by atoms with Gasteiger partial charge in [-0.15, -0.1) is 5.10 Å². The van der Waals surface area contributed by atoms with Crippen LogP contribution in [0.2, 0.25) is 0 Å². The van der Waals surface area contributed by atoms with Crippen molar-refractivity contribution in [2.24, 2.45) is 0 Å². The normalized spacial score (nSPS) is 14.2. The van der Waals surface area contributed by atoms with Gasteiger partial charge in [-0.1, -0.05) is 47.2 Å². The maximum atomic E-state index is 13.0. The topological polar surface area (TPSA) is 209 Å². The number of H-pyrrole nitrogens is 1. The molecular formula is C24H22N10O6S2. The lowest BCUT2D eigenvalue weighted by atomic mass is 10.1. The Labute approximate surface area is 241 Å². The van der Waals surface area contributed by atoms with Crippen LogP contribution in [0.3, 0.4) is 0 Å². The lowest BCUT2D eigenvalue weighted by Gasteiger charge is -2.31. The summed E-state index contributed by atoms with van der Waals surface area (Å²) in [6.07, 6.45) is 0.329. The quantitative estimate of drug-likeness (QED) is 0.138. The molecule has 3 aromatic heterocycles. The number of carbonyl (C=O) groups excluding carboxylic acids is 1. The molecule has 0 unspecified atom stereocenters. The van der Waals surface area contributed by atoms with E-state index in [2.05, 4.69) is 45.7 Å². The molecule has 2 aromatic carbocycles. The van der Waals surface area contributed by atoms with Gasteiger partial charge in [0.15, 0.2) is 5.16 Å². The summed E-state index contributed by atoms with van der Waals surface area (Å²) in [5, 5.41) is 32.8. The number of likely N-dealkylation sites (tertiary alicyclic amines) is 1. The van der Waals surface area contributed by atoms with Gasteiger partial charge in [0, 0.05) is 31.3 Å². The number of carbonyl (C=O) groups is 1. The molecule has 1 fully saturated rings. The van der Waals surface area contributed by atoms with Gasteiger partial charge in [-0.05, 0) is 34.4 Å². The van der Waals surface area contributed by atoms with E-state index in [1.165, 1.54) is 23.9 Å². The summed E-state index contributed by atoms with van der Waals surface area (Å²) in [4.78, 5) is 23.5. The summed E-state index contributed by atoms with van der Waals surface area (Å²) in [5.41, 5.74) is 0.687. The first kappa shape index (κ1) is 27.3. The number of aromatic nitrogens is 8. The van der Waals surface area contributed by atoms with Gasteiger partial charge in [0.1, 0.15) is 11.9 Å². The van der Waals surface area contributed by atoms with Crippen LogP contribution in [0.4, 0.5) is 11.8 Å². The van der Waals surface area contributed by atoms with Crippen LogP contribution < -0.4 is 15.0 Å². The van der Waals surface area contributed by atoms with Crippen molar-refractivity contribution in [1.29, 1.82) is 0 Å². The van der Waals surface area contributed by atoms with E-state index in [-0.39, 0.29) is 27.4 Å². The number of ether oxygens (including phenoxy) is 1. The first-order chi connectivity index (χ1) is 20.4. The smallest absolute Gasteiger partial charge is 0.415 e. The Morgan fingerprint density at radius 3 is 2.67 bits per heavy atom. The van der Waals surface area contributed by atoms with Crippen LogP contribution in [-0.4, -0.2) is 79.9 Å². The van der Waals surface area contributed by atoms with Crippen LogP contribution in [-0.2, 0) is 14.6 Å². The maximum Gasteiger partial charge on any atom is 0.415 e. The van der Waals surface area contributed by atoms with Crippen molar-refractivity contribution < 1.29 is 27.5 Å². The number of piperidine rings is 1. The molecule has 0 saturated carbocycles. The summed E-state index contributed by atoms with van der Waals surface area (Å²) in [6, 6.07) is 14.9. The molecule has 216 valence electrons. The minimum absolute atomic E-state index is 0.0892. The van der Waals surface area contributed by atoms with E-state index >= 15 is 0 Å². The number of hydrogen-bond donors (Lipinski definition) is 2. The number of nitrogens with one attached hydrogen (secondary N) is 2. The van der Waals surface area contributed by atoms with E-state index in [1.54, 1.807) is 23.1 Å². The molecule has 1 aliphatic rings. The van der Waals surface area contributed by atoms with Crippen molar-refractivity contribution in [2.75, 3.05) is 24.2 Å². The molecule has 5 aromatic rings. The Morgan fingerprint density at radius 1 is 1.14 bits per heavy atom. The fourth-order valence-corrected chi connectivity index (χ4v) is 6.40. The van der Waals surface area contributed by atoms with Crippen molar-refractivity contribution >= 4 is 50.2 Å². The van der Waals surface area contributed by atoms with E-state index in [9.17, 15) is 18.4 Å². The molecule has 2 N–H and O–H groups in total. The molecule has 0 spiro atoms. The standard InChI is InChI=1S/C24H22N10O6S2/c35-19(14-41-24-25-18-9-5-4-8-17(18)20(27-24)26-23-28-31-32-29-23)33-12-10-15(11-13-33)39-21-22(34(36)40-30-21)42(37,38)16-6-2-1-3-7-16/h1-9,15H,10-14H2,(H2,25,26,27,28,29,31,32). The minimum atomic E-state index is -4.22. The average Bonchev–Trinajstić information content (AvgIpc) is 3.66. The molecular weight excluding hydrogens is 588 g/mol. The summed E-state index contributed by atoms with van der Waals surface area (Å²) in [5.74, 6) is 0.305. The van der Waals surface area contributed by atoms with E-state index in [4.69, 9.17) is 4.74 Å². The van der Waals surface area contributed by atoms with Crippen LogP contribution >= 0.6 is 11.8 Å². The predicted molar refractivity (Wildman–Crippen MR) is 145 cm³/mol.